The number of anilines is 1. The monoisotopic (exact) mass is 458 g/mol. The Hall–Kier alpha value is -3.12. The summed E-state index contributed by atoms with van der Waals surface area (Å²) < 4.78 is 14.8. The highest BCUT2D eigenvalue weighted by Gasteiger charge is 2.28. The number of benzene rings is 2. The van der Waals surface area contributed by atoms with Crippen LogP contribution >= 0.6 is 0 Å². The van der Waals surface area contributed by atoms with E-state index < -0.39 is 0 Å². The third-order valence-corrected chi connectivity index (χ3v) is 7.59. The molecule has 0 unspecified atom stereocenters. The van der Waals surface area contributed by atoms with E-state index in [1.165, 1.54) is 22.4 Å². The van der Waals surface area contributed by atoms with Crippen molar-refractivity contribution in [2.45, 2.75) is 45.4 Å². The minimum absolute atomic E-state index is 0.320. The zero-order chi connectivity index (χ0) is 23.4. The summed E-state index contributed by atoms with van der Waals surface area (Å²) in [6.07, 6.45) is 6.07. The molecule has 0 spiro atoms. The highest BCUT2D eigenvalue weighted by molar-refractivity contribution is 6.05. The van der Waals surface area contributed by atoms with Crippen molar-refractivity contribution in [3.05, 3.63) is 56.7 Å². The van der Waals surface area contributed by atoms with Gasteiger partial charge in [-0.1, -0.05) is 6.92 Å². The summed E-state index contributed by atoms with van der Waals surface area (Å²) in [4.78, 5) is 15.6. The van der Waals surface area contributed by atoms with Gasteiger partial charge >= 0.3 is 5.63 Å². The van der Waals surface area contributed by atoms with Crippen LogP contribution in [0, 0.1) is 0 Å². The summed E-state index contributed by atoms with van der Waals surface area (Å²) in [5.74, 6) is 0.791. The lowest BCUT2D eigenvalue weighted by Crippen LogP contribution is -2.34. The number of hydrogen-bond acceptors (Lipinski definition) is 5. The van der Waals surface area contributed by atoms with Gasteiger partial charge in [-0.3, -0.25) is 0 Å². The zero-order valence-corrected chi connectivity index (χ0v) is 20.1. The quantitative estimate of drug-likeness (QED) is 0.219. The second-order valence-corrected chi connectivity index (χ2v) is 9.75. The second kappa shape index (κ2) is 8.27. The number of nitrogens with two attached hydrogens (primary N) is 1. The van der Waals surface area contributed by atoms with Crippen molar-refractivity contribution in [3.63, 3.8) is 0 Å². The first-order chi connectivity index (χ1) is 16.6. The van der Waals surface area contributed by atoms with Gasteiger partial charge in [-0.05, 0) is 62.4 Å². The van der Waals surface area contributed by atoms with Gasteiger partial charge in [0.15, 0.2) is 5.58 Å². The molecular formula is C28H32N3O3+. The van der Waals surface area contributed by atoms with E-state index >= 15 is 0 Å². The Morgan fingerprint density at radius 3 is 2.65 bits per heavy atom. The van der Waals surface area contributed by atoms with Crippen LogP contribution < -0.4 is 26.2 Å². The molecule has 0 atom stereocenters. The molecule has 6 heteroatoms. The van der Waals surface area contributed by atoms with Gasteiger partial charge in [0.2, 0.25) is 5.36 Å². The maximum absolute atomic E-state index is 13.2. The van der Waals surface area contributed by atoms with Crippen LogP contribution in [0.15, 0.2) is 37.9 Å². The van der Waals surface area contributed by atoms with Crippen LogP contribution in [0.5, 0.6) is 0 Å². The molecule has 1 aliphatic carbocycles. The van der Waals surface area contributed by atoms with Gasteiger partial charge < -0.3 is 19.5 Å². The number of aryl methyl sites for hydroxylation is 3. The van der Waals surface area contributed by atoms with Gasteiger partial charge in [0.05, 0.1) is 11.5 Å². The lowest BCUT2D eigenvalue weighted by molar-refractivity contribution is 0.549. The fourth-order valence-electron chi connectivity index (χ4n) is 5.92. The molecule has 0 saturated heterocycles. The summed E-state index contributed by atoms with van der Waals surface area (Å²) in [6.45, 7) is 5.87. The lowest BCUT2D eigenvalue weighted by Gasteiger charge is -2.37. The predicted molar refractivity (Wildman–Crippen MR) is 137 cm³/mol. The van der Waals surface area contributed by atoms with Gasteiger partial charge in [0.25, 0.3) is 0 Å². The zero-order valence-electron chi connectivity index (χ0n) is 20.1. The normalized spacial score (nSPS) is 16.4. The van der Waals surface area contributed by atoms with E-state index in [0.29, 0.717) is 23.1 Å². The maximum Gasteiger partial charge on any atom is 0.347 e. The van der Waals surface area contributed by atoms with E-state index in [9.17, 15) is 4.79 Å². The first-order valence-electron chi connectivity index (χ1n) is 12.6. The summed E-state index contributed by atoms with van der Waals surface area (Å²) in [6, 6.07) is 8.42. The molecule has 0 fully saturated rings. The van der Waals surface area contributed by atoms with Crippen molar-refractivity contribution >= 4 is 27.6 Å². The molecule has 2 N–H and O–H groups in total. The van der Waals surface area contributed by atoms with E-state index in [2.05, 4.69) is 41.6 Å². The van der Waals surface area contributed by atoms with Gasteiger partial charge in [-0.25, -0.2) is 9.37 Å². The first-order valence-corrected chi connectivity index (χ1v) is 12.6. The highest BCUT2D eigenvalue weighted by atomic mass is 16.4. The SMILES string of the molecule is CCc1cc2cc3c(=O)oc4c5c6c(cc4c3oc-2cc1=[N+](C)CCCN)CCCN6CCC5. The molecule has 176 valence electrons. The second-order valence-electron chi connectivity index (χ2n) is 9.75. The molecule has 4 aliphatic rings. The summed E-state index contributed by atoms with van der Waals surface area (Å²) in [5, 5.41) is 2.59. The molecule has 1 aromatic carbocycles. The van der Waals surface area contributed by atoms with E-state index in [4.69, 9.17) is 14.6 Å². The molecule has 2 aromatic rings. The van der Waals surface area contributed by atoms with Crippen LogP contribution in [-0.4, -0.2) is 33.2 Å². The van der Waals surface area contributed by atoms with Crippen LogP contribution in [0.1, 0.15) is 42.9 Å². The smallest absolute Gasteiger partial charge is 0.347 e. The number of hydrogen-bond donors (Lipinski definition) is 1. The Bertz CT molecular complexity index is 1530. The molecule has 6 rings (SSSR count). The van der Waals surface area contributed by atoms with Crippen LogP contribution in [0.3, 0.4) is 0 Å². The minimum Gasteiger partial charge on any atom is -0.455 e. The van der Waals surface area contributed by atoms with Crippen molar-refractivity contribution in [1.29, 1.82) is 0 Å². The topological polar surface area (TPSA) is 75.6 Å². The fourth-order valence-corrected chi connectivity index (χ4v) is 5.92. The van der Waals surface area contributed by atoms with Gasteiger partial charge in [0, 0.05) is 41.9 Å². The van der Waals surface area contributed by atoms with Crippen LogP contribution in [0.4, 0.5) is 5.69 Å². The average Bonchev–Trinajstić information content (AvgIpc) is 2.86. The Kier molecular flexibility index (Phi) is 5.21. The summed E-state index contributed by atoms with van der Waals surface area (Å²) >= 11 is 0. The summed E-state index contributed by atoms with van der Waals surface area (Å²) in [5.41, 5.74) is 12.7. The maximum atomic E-state index is 13.2. The molecule has 1 aromatic heterocycles. The van der Waals surface area contributed by atoms with Crippen molar-refractivity contribution in [3.8, 4) is 11.3 Å². The Morgan fingerprint density at radius 2 is 1.85 bits per heavy atom. The molecule has 3 aliphatic heterocycles. The third-order valence-electron chi connectivity index (χ3n) is 7.59. The molecule has 0 saturated carbocycles. The fraction of sp³-hybridized carbons (Fsp3) is 0.429. The van der Waals surface area contributed by atoms with Crippen molar-refractivity contribution in [2.75, 3.05) is 38.1 Å². The third kappa shape index (κ3) is 3.27. The van der Waals surface area contributed by atoms with Crippen LogP contribution in [-0.2, 0) is 19.3 Å². The first kappa shape index (κ1) is 21.4. The standard InChI is InChI=1S/C28H32N3O3/c1-3-17-13-19-15-22-27(33-24(19)16-23(17)30(2)10-6-9-29)21-14-18-7-4-11-31-12-5-8-20(25(18)31)26(21)34-28(22)32/h13-16H,3-12,29H2,1-2H3/q+1. The predicted octanol–water partition coefficient (Wildman–Crippen LogP) is 3.66. The van der Waals surface area contributed by atoms with Gasteiger partial charge in [-0.15, -0.1) is 0 Å². The van der Waals surface area contributed by atoms with Gasteiger partial charge in [0.1, 0.15) is 30.3 Å². The Balaban J connectivity index is 1.68. The average molecular weight is 459 g/mol. The molecule has 0 bridgehead atoms. The van der Waals surface area contributed by atoms with Crippen LogP contribution in [0.25, 0.3) is 33.3 Å². The molecule has 0 radical (unpaired) electrons. The van der Waals surface area contributed by atoms with Crippen molar-refractivity contribution < 1.29 is 8.83 Å². The van der Waals surface area contributed by atoms with E-state index in [0.717, 1.165) is 80.2 Å². The summed E-state index contributed by atoms with van der Waals surface area (Å²) in [7, 11) is 2.10. The van der Waals surface area contributed by atoms with Crippen LogP contribution in [0.2, 0.25) is 0 Å². The van der Waals surface area contributed by atoms with E-state index in [-0.39, 0.29) is 5.63 Å². The highest BCUT2D eigenvalue weighted by Crippen LogP contribution is 2.42. The van der Waals surface area contributed by atoms with Gasteiger partial charge in [-0.2, -0.15) is 0 Å². The van der Waals surface area contributed by atoms with E-state index in [1.807, 2.05) is 6.07 Å². The molecule has 0 amide bonds. The molecule has 34 heavy (non-hydrogen) atoms. The number of nitrogens with zero attached hydrogens (tertiary/aromatic N) is 2. The molecular weight excluding hydrogens is 426 g/mol. The minimum atomic E-state index is -0.320. The van der Waals surface area contributed by atoms with Crippen molar-refractivity contribution in [1.82, 2.24) is 4.58 Å². The largest absolute Gasteiger partial charge is 0.455 e. The Morgan fingerprint density at radius 1 is 1.03 bits per heavy atom. The molecule has 6 nitrogen and oxygen atoms in total. The molecule has 4 heterocycles. The number of fused-ring (bicyclic) bond motifs is 5. The van der Waals surface area contributed by atoms with E-state index in [1.54, 1.807) is 0 Å². The number of rotatable bonds is 4. The van der Waals surface area contributed by atoms with Crippen molar-refractivity contribution in [2.24, 2.45) is 5.73 Å². The Labute approximate surface area is 198 Å². The lowest BCUT2D eigenvalue weighted by atomic mass is 9.89.